The van der Waals surface area contributed by atoms with E-state index in [4.69, 9.17) is 11.6 Å². The summed E-state index contributed by atoms with van der Waals surface area (Å²) in [4.78, 5) is 18.6. The lowest BCUT2D eigenvalue weighted by molar-refractivity contribution is 0.0721. The fraction of sp³-hybridized carbons (Fsp3) is 0.375. The third-order valence-electron chi connectivity index (χ3n) is 4.15. The molecule has 1 heterocycles. The van der Waals surface area contributed by atoms with Crippen molar-refractivity contribution in [3.8, 4) is 0 Å². The van der Waals surface area contributed by atoms with E-state index in [1.165, 1.54) is 12.8 Å². The van der Waals surface area contributed by atoms with Gasteiger partial charge in [0.05, 0.1) is 0 Å². The van der Waals surface area contributed by atoms with Crippen LogP contribution in [0.5, 0.6) is 0 Å². The molecular weight excluding hydrogens is 272 g/mol. The van der Waals surface area contributed by atoms with Crippen LogP contribution in [-0.4, -0.2) is 28.9 Å². The van der Waals surface area contributed by atoms with Crippen molar-refractivity contribution in [1.29, 1.82) is 0 Å². The van der Waals surface area contributed by atoms with Crippen LogP contribution in [0.2, 0.25) is 5.15 Å². The molecule has 1 aromatic heterocycles. The van der Waals surface area contributed by atoms with Crippen LogP contribution < -0.4 is 0 Å². The first kappa shape index (κ1) is 13.4. The number of hydrogen-bond acceptors (Lipinski definition) is 2. The molecular formula is C16H17ClN2O. The minimum atomic E-state index is -0.0583. The van der Waals surface area contributed by atoms with Crippen LogP contribution in [0.15, 0.2) is 30.3 Å². The zero-order valence-corrected chi connectivity index (χ0v) is 12.4. The van der Waals surface area contributed by atoms with E-state index in [9.17, 15) is 4.79 Å². The molecule has 1 saturated carbocycles. The molecule has 0 radical (unpaired) electrons. The summed E-state index contributed by atoms with van der Waals surface area (Å²) < 4.78 is 0. The number of carbonyl (C=O) groups is 1. The fourth-order valence-corrected chi connectivity index (χ4v) is 2.79. The second-order valence-corrected chi connectivity index (χ2v) is 5.87. The van der Waals surface area contributed by atoms with Crippen LogP contribution in [0.1, 0.15) is 30.3 Å². The molecule has 2 aromatic rings. The second kappa shape index (κ2) is 5.06. The molecule has 0 spiro atoms. The zero-order valence-electron chi connectivity index (χ0n) is 11.6. The van der Waals surface area contributed by atoms with Gasteiger partial charge in [-0.2, -0.15) is 0 Å². The van der Waals surface area contributed by atoms with Crippen molar-refractivity contribution in [2.75, 3.05) is 7.05 Å². The lowest BCUT2D eigenvalue weighted by Gasteiger charge is -2.24. The monoisotopic (exact) mass is 288 g/mol. The quantitative estimate of drug-likeness (QED) is 0.806. The first-order chi connectivity index (χ1) is 9.58. The molecule has 0 N–H and O–H groups in total. The highest BCUT2D eigenvalue weighted by atomic mass is 35.5. The molecule has 4 heteroatoms. The van der Waals surface area contributed by atoms with Crippen LogP contribution in [0.25, 0.3) is 10.8 Å². The number of pyridine rings is 1. The van der Waals surface area contributed by atoms with Gasteiger partial charge < -0.3 is 4.90 Å². The minimum absolute atomic E-state index is 0.0583. The van der Waals surface area contributed by atoms with Crippen molar-refractivity contribution >= 4 is 28.3 Å². The second-order valence-electron chi connectivity index (χ2n) is 5.51. The summed E-state index contributed by atoms with van der Waals surface area (Å²) in [5, 5.41) is 2.21. The standard InChI is InChI=1S/C16H17ClN2O/c1-10(11-7-8-11)19(2)16(20)14-9-12-5-3-4-6-13(12)15(17)18-14/h3-6,9-11H,7-8H2,1-2H3. The number of hydrogen-bond donors (Lipinski definition) is 0. The maximum atomic E-state index is 12.5. The molecule has 1 aromatic carbocycles. The fourth-order valence-electron chi connectivity index (χ4n) is 2.53. The average Bonchev–Trinajstić information content (AvgIpc) is 3.29. The molecule has 1 amide bonds. The number of amides is 1. The summed E-state index contributed by atoms with van der Waals surface area (Å²) in [5.41, 5.74) is 0.420. The number of carbonyl (C=O) groups excluding carboxylic acids is 1. The zero-order chi connectivity index (χ0) is 14.3. The van der Waals surface area contributed by atoms with Gasteiger partial charge in [0.15, 0.2) is 0 Å². The third kappa shape index (κ3) is 2.38. The molecule has 1 unspecified atom stereocenters. The largest absolute Gasteiger partial charge is 0.337 e. The molecule has 20 heavy (non-hydrogen) atoms. The summed E-state index contributed by atoms with van der Waals surface area (Å²) in [7, 11) is 1.84. The molecule has 0 saturated heterocycles. The lowest BCUT2D eigenvalue weighted by Crippen LogP contribution is -2.36. The van der Waals surface area contributed by atoms with Crippen LogP contribution in [-0.2, 0) is 0 Å². The number of fused-ring (bicyclic) bond motifs is 1. The van der Waals surface area contributed by atoms with Crippen molar-refractivity contribution in [2.45, 2.75) is 25.8 Å². The Morgan fingerprint density at radius 1 is 1.40 bits per heavy atom. The normalized spacial score (nSPS) is 16.1. The van der Waals surface area contributed by atoms with Crippen molar-refractivity contribution in [2.24, 2.45) is 5.92 Å². The Balaban J connectivity index is 1.94. The van der Waals surface area contributed by atoms with Gasteiger partial charge in [-0.1, -0.05) is 35.9 Å². The SMILES string of the molecule is CC(C1CC1)N(C)C(=O)c1cc2ccccc2c(Cl)n1. The van der Waals surface area contributed by atoms with Gasteiger partial charge >= 0.3 is 0 Å². The molecule has 3 nitrogen and oxygen atoms in total. The number of nitrogens with zero attached hydrogens (tertiary/aromatic N) is 2. The first-order valence-electron chi connectivity index (χ1n) is 6.90. The third-order valence-corrected chi connectivity index (χ3v) is 4.44. The highest BCUT2D eigenvalue weighted by Gasteiger charge is 2.33. The van der Waals surface area contributed by atoms with Crippen molar-refractivity contribution < 1.29 is 4.79 Å². The molecule has 1 aliphatic rings. The first-order valence-corrected chi connectivity index (χ1v) is 7.28. The van der Waals surface area contributed by atoms with E-state index in [0.717, 1.165) is 10.8 Å². The van der Waals surface area contributed by atoms with Crippen LogP contribution in [0.4, 0.5) is 0 Å². The van der Waals surface area contributed by atoms with Crippen molar-refractivity contribution in [3.63, 3.8) is 0 Å². The molecule has 1 aliphatic carbocycles. The Morgan fingerprint density at radius 2 is 2.10 bits per heavy atom. The van der Waals surface area contributed by atoms with Gasteiger partial charge in [-0.25, -0.2) is 4.98 Å². The Kier molecular flexibility index (Phi) is 3.38. The maximum Gasteiger partial charge on any atom is 0.272 e. The van der Waals surface area contributed by atoms with E-state index < -0.39 is 0 Å². The number of benzene rings is 1. The number of aromatic nitrogens is 1. The van der Waals surface area contributed by atoms with Gasteiger partial charge in [-0.15, -0.1) is 0 Å². The van der Waals surface area contributed by atoms with E-state index in [1.807, 2.05) is 37.4 Å². The topological polar surface area (TPSA) is 33.2 Å². The van der Waals surface area contributed by atoms with E-state index >= 15 is 0 Å². The highest BCUT2D eigenvalue weighted by molar-refractivity contribution is 6.34. The average molecular weight is 289 g/mol. The predicted molar refractivity (Wildman–Crippen MR) is 81.0 cm³/mol. The summed E-state index contributed by atoms with van der Waals surface area (Å²) in [6.45, 7) is 2.10. The smallest absolute Gasteiger partial charge is 0.272 e. The van der Waals surface area contributed by atoms with Gasteiger partial charge in [0.25, 0.3) is 5.91 Å². The van der Waals surface area contributed by atoms with Gasteiger partial charge in [0.1, 0.15) is 10.8 Å². The molecule has 104 valence electrons. The summed E-state index contributed by atoms with van der Waals surface area (Å²) in [6, 6.07) is 9.79. The van der Waals surface area contributed by atoms with Crippen LogP contribution in [0.3, 0.4) is 0 Å². The highest BCUT2D eigenvalue weighted by Crippen LogP contribution is 2.35. The van der Waals surface area contributed by atoms with Crippen molar-refractivity contribution in [1.82, 2.24) is 9.88 Å². The molecule has 0 bridgehead atoms. The summed E-state index contributed by atoms with van der Waals surface area (Å²) >= 11 is 6.18. The van der Waals surface area contributed by atoms with E-state index in [2.05, 4.69) is 11.9 Å². The molecule has 1 fully saturated rings. The Bertz CT molecular complexity index is 667. The van der Waals surface area contributed by atoms with Crippen LogP contribution in [0, 0.1) is 5.92 Å². The van der Waals surface area contributed by atoms with Gasteiger partial charge in [-0.05, 0) is 37.1 Å². The summed E-state index contributed by atoms with van der Waals surface area (Å²) in [5.74, 6) is 0.580. The Morgan fingerprint density at radius 3 is 2.80 bits per heavy atom. The minimum Gasteiger partial charge on any atom is -0.337 e. The van der Waals surface area contributed by atoms with E-state index in [0.29, 0.717) is 16.8 Å². The van der Waals surface area contributed by atoms with E-state index in [-0.39, 0.29) is 11.9 Å². The van der Waals surface area contributed by atoms with Crippen LogP contribution >= 0.6 is 11.6 Å². The van der Waals surface area contributed by atoms with Gasteiger partial charge in [0, 0.05) is 18.5 Å². The number of halogens is 1. The molecule has 3 rings (SSSR count). The molecule has 0 aliphatic heterocycles. The lowest BCUT2D eigenvalue weighted by atomic mass is 10.1. The van der Waals surface area contributed by atoms with E-state index in [1.54, 1.807) is 4.90 Å². The van der Waals surface area contributed by atoms with Gasteiger partial charge in [-0.3, -0.25) is 4.79 Å². The summed E-state index contributed by atoms with van der Waals surface area (Å²) in [6.07, 6.45) is 2.43. The Hall–Kier alpha value is -1.61. The van der Waals surface area contributed by atoms with Crippen molar-refractivity contribution in [3.05, 3.63) is 41.2 Å². The van der Waals surface area contributed by atoms with Gasteiger partial charge in [0.2, 0.25) is 0 Å². The predicted octanol–water partition coefficient (Wildman–Crippen LogP) is 3.76. The number of rotatable bonds is 3. The molecule has 1 atom stereocenters. The maximum absolute atomic E-state index is 12.5. The Labute approximate surface area is 123 Å².